The van der Waals surface area contributed by atoms with Gasteiger partial charge in [-0.1, -0.05) is 12.8 Å². The number of methoxy groups -OCH3 is 4. The Balaban J connectivity index is -0.000000533. The van der Waals surface area contributed by atoms with Crippen molar-refractivity contribution in [3.8, 4) is 0 Å². The third-order valence-corrected chi connectivity index (χ3v) is 3.86. The van der Waals surface area contributed by atoms with Crippen molar-refractivity contribution in [1.29, 1.82) is 0 Å². The van der Waals surface area contributed by atoms with Crippen molar-refractivity contribution in [3.63, 3.8) is 0 Å². The molecule has 0 atom stereocenters. The van der Waals surface area contributed by atoms with E-state index in [-0.39, 0.29) is 6.79 Å². The van der Waals surface area contributed by atoms with Gasteiger partial charge in [-0.2, -0.15) is 0 Å². The third-order valence-electron chi connectivity index (χ3n) is 3.86. The normalized spacial score (nSPS) is 10.2. The first-order valence-corrected chi connectivity index (χ1v) is 11.5. The maximum Gasteiger partial charge on any atom is 0.143 e. The van der Waals surface area contributed by atoms with E-state index in [1.54, 1.807) is 21.3 Å². The summed E-state index contributed by atoms with van der Waals surface area (Å²) in [7, 11) is 6.42. The van der Waals surface area contributed by atoms with E-state index < -0.39 is 0 Å². The fourth-order valence-corrected chi connectivity index (χ4v) is 2.10. The van der Waals surface area contributed by atoms with Crippen molar-refractivity contribution in [2.75, 3.05) is 94.7 Å². The molecule has 1 N–H and O–H groups in total. The third kappa shape index (κ3) is 47.2. The van der Waals surface area contributed by atoms with Crippen LogP contribution in [0.5, 0.6) is 0 Å². The largest absolute Gasteiger partial charge is 0.382 e. The van der Waals surface area contributed by atoms with Crippen LogP contribution >= 0.6 is 0 Å². The molecule has 0 fully saturated rings. The van der Waals surface area contributed by atoms with Crippen LogP contribution in [0.3, 0.4) is 0 Å². The summed E-state index contributed by atoms with van der Waals surface area (Å²) >= 11 is 0. The summed E-state index contributed by atoms with van der Waals surface area (Å²) in [5.74, 6) is 0. The summed E-state index contributed by atoms with van der Waals surface area (Å²) in [6.45, 7) is 6.33. The second-order valence-electron chi connectivity index (χ2n) is 6.66. The highest BCUT2D eigenvalue weighted by Gasteiger charge is 1.93. The molecule has 0 rings (SSSR count). The van der Waals surface area contributed by atoms with Gasteiger partial charge in [0.1, 0.15) is 13.1 Å². The van der Waals surface area contributed by atoms with Crippen LogP contribution in [0.25, 0.3) is 0 Å². The van der Waals surface area contributed by atoms with Gasteiger partial charge in [0.2, 0.25) is 0 Å². The van der Waals surface area contributed by atoms with Gasteiger partial charge in [-0.05, 0) is 32.1 Å². The molecular weight excluding hydrogens is 420 g/mol. The molecule has 0 aliphatic heterocycles. The number of rotatable bonds is 23. The van der Waals surface area contributed by atoms with Crippen molar-refractivity contribution >= 4 is 6.29 Å². The zero-order chi connectivity index (χ0) is 24.4. The molecule has 0 aromatic rings. The zero-order valence-corrected chi connectivity index (χ0v) is 21.0. The molecule has 9 nitrogen and oxygen atoms in total. The highest BCUT2D eigenvalue weighted by atomic mass is 16.6. The number of aldehydes is 1. The van der Waals surface area contributed by atoms with Crippen LogP contribution in [0, 0.1) is 0 Å². The van der Waals surface area contributed by atoms with E-state index in [2.05, 4.69) is 4.74 Å². The molecule has 0 spiro atoms. The number of hydrogen-bond acceptors (Lipinski definition) is 9. The Bertz CT molecular complexity index is 287. The summed E-state index contributed by atoms with van der Waals surface area (Å²) < 4.78 is 34.5. The minimum Gasteiger partial charge on any atom is -0.382 e. The van der Waals surface area contributed by atoms with Crippen molar-refractivity contribution in [2.24, 2.45) is 0 Å². The molecule has 0 bridgehead atoms. The van der Waals surface area contributed by atoms with Gasteiger partial charge in [-0.15, -0.1) is 0 Å². The minimum absolute atomic E-state index is 0.181. The molecule has 32 heavy (non-hydrogen) atoms. The zero-order valence-electron chi connectivity index (χ0n) is 21.0. The molecule has 0 radical (unpaired) electrons. The average Bonchev–Trinajstić information content (AvgIpc) is 2.82. The van der Waals surface area contributed by atoms with Gasteiger partial charge < -0.3 is 43.1 Å². The molecule has 0 saturated heterocycles. The summed E-state index contributed by atoms with van der Waals surface area (Å²) in [5.41, 5.74) is 0. The predicted octanol–water partition coefficient (Wildman–Crippen LogP) is 2.86. The van der Waals surface area contributed by atoms with Crippen molar-refractivity contribution < 1.29 is 43.1 Å². The number of unbranched alkanes of at least 4 members (excludes halogenated alkanes) is 6. The van der Waals surface area contributed by atoms with Crippen molar-refractivity contribution in [1.82, 2.24) is 0 Å². The summed E-state index contributed by atoms with van der Waals surface area (Å²) in [5, 5.41) is 7.65. The highest BCUT2D eigenvalue weighted by molar-refractivity contribution is 5.48. The molecule has 0 amide bonds. The Morgan fingerprint density at radius 3 is 1.22 bits per heavy atom. The number of carbonyl (C=O) groups is 1. The van der Waals surface area contributed by atoms with Gasteiger partial charge in [0.25, 0.3) is 0 Å². The maximum atomic E-state index is 10.1. The number of carbonyl (C=O) groups excluding carboxylic acids is 1. The molecule has 9 heteroatoms. The molecule has 0 saturated carbocycles. The smallest absolute Gasteiger partial charge is 0.143 e. The van der Waals surface area contributed by atoms with Crippen LogP contribution in [0.4, 0.5) is 0 Å². The standard InChI is InChI=1S/C15H30O4.C6H14O3.C2H6O2/c1-17-14-15-19-13-9-5-8-12-18-11-7-4-2-3-6-10-16;1-7-3-5-9-6-4-8-2;1-4-2-3/h10H,2-9,11-15H2,1H3;3-6H2,1-2H3;3H,2H2,1H3. The van der Waals surface area contributed by atoms with E-state index in [1.807, 2.05) is 0 Å². The van der Waals surface area contributed by atoms with E-state index in [1.165, 1.54) is 13.5 Å². The van der Waals surface area contributed by atoms with E-state index in [9.17, 15) is 4.79 Å². The SMILES string of the molecule is COCCOCCCCCOCCCCCCC=O.COCCOCCOC.COCO. The van der Waals surface area contributed by atoms with Crippen molar-refractivity contribution in [2.45, 2.75) is 51.4 Å². The Hall–Kier alpha value is -0.650. The van der Waals surface area contributed by atoms with Gasteiger partial charge in [0, 0.05) is 54.7 Å². The molecule has 0 heterocycles. The Morgan fingerprint density at radius 1 is 0.500 bits per heavy atom. The second-order valence-corrected chi connectivity index (χ2v) is 6.66. The number of aliphatic hydroxyl groups is 1. The molecule has 0 aliphatic carbocycles. The molecule has 0 aliphatic rings. The monoisotopic (exact) mass is 470 g/mol. The lowest BCUT2D eigenvalue weighted by Gasteiger charge is -2.05. The average molecular weight is 471 g/mol. The number of hydrogen-bond donors (Lipinski definition) is 1. The fourth-order valence-electron chi connectivity index (χ4n) is 2.10. The van der Waals surface area contributed by atoms with E-state index >= 15 is 0 Å². The molecule has 0 aromatic heterocycles. The summed E-state index contributed by atoms with van der Waals surface area (Å²) in [6, 6.07) is 0. The lowest BCUT2D eigenvalue weighted by molar-refractivity contribution is -0.107. The molecular formula is C23H50O9. The van der Waals surface area contributed by atoms with Gasteiger partial charge in [0.15, 0.2) is 0 Å². The van der Waals surface area contributed by atoms with Crippen LogP contribution in [0.2, 0.25) is 0 Å². The first-order valence-electron chi connectivity index (χ1n) is 11.5. The van der Waals surface area contributed by atoms with Gasteiger partial charge in [0.05, 0.1) is 39.6 Å². The van der Waals surface area contributed by atoms with Crippen LogP contribution in [-0.2, 0) is 38.0 Å². The van der Waals surface area contributed by atoms with Crippen LogP contribution in [-0.4, -0.2) is 106 Å². The van der Waals surface area contributed by atoms with E-state index in [0.29, 0.717) is 46.1 Å². The molecule has 0 aromatic carbocycles. The number of aliphatic hydroxyl groups excluding tert-OH is 1. The predicted molar refractivity (Wildman–Crippen MR) is 125 cm³/mol. The Kier molecular flexibility index (Phi) is 45.7. The molecule has 0 unspecified atom stereocenters. The Labute approximate surface area is 196 Å². The van der Waals surface area contributed by atoms with Gasteiger partial charge in [-0.3, -0.25) is 0 Å². The summed E-state index contributed by atoms with van der Waals surface area (Å²) in [6.07, 6.45) is 9.50. The molecule has 196 valence electrons. The second kappa shape index (κ2) is 40.7. The van der Waals surface area contributed by atoms with Gasteiger partial charge in [-0.25, -0.2) is 0 Å². The fraction of sp³-hybridized carbons (Fsp3) is 0.957. The highest BCUT2D eigenvalue weighted by Crippen LogP contribution is 2.03. The van der Waals surface area contributed by atoms with Gasteiger partial charge >= 0.3 is 0 Å². The topological polar surface area (TPSA) is 102 Å². The number of ether oxygens (including phenoxy) is 7. The van der Waals surface area contributed by atoms with E-state index in [0.717, 1.165) is 64.6 Å². The quantitative estimate of drug-likeness (QED) is 0.137. The van der Waals surface area contributed by atoms with Crippen LogP contribution in [0.15, 0.2) is 0 Å². The first-order chi connectivity index (χ1) is 15.7. The van der Waals surface area contributed by atoms with Crippen LogP contribution < -0.4 is 0 Å². The lowest BCUT2D eigenvalue weighted by Crippen LogP contribution is -2.06. The lowest BCUT2D eigenvalue weighted by atomic mass is 10.2. The minimum atomic E-state index is -0.181. The Morgan fingerprint density at radius 2 is 0.844 bits per heavy atom. The van der Waals surface area contributed by atoms with Crippen molar-refractivity contribution in [3.05, 3.63) is 0 Å². The van der Waals surface area contributed by atoms with E-state index in [4.69, 9.17) is 33.5 Å². The maximum absolute atomic E-state index is 10.1. The first kappa shape index (κ1) is 35.9. The summed E-state index contributed by atoms with van der Waals surface area (Å²) in [4.78, 5) is 10.1. The van der Waals surface area contributed by atoms with Crippen LogP contribution in [0.1, 0.15) is 51.4 Å².